The summed E-state index contributed by atoms with van der Waals surface area (Å²) in [7, 11) is 0. The first-order valence-electron chi connectivity index (χ1n) is 9.92. The summed E-state index contributed by atoms with van der Waals surface area (Å²) in [5, 5.41) is 10.8. The monoisotopic (exact) mass is 346 g/mol. The Morgan fingerprint density at radius 1 is 1.20 bits per heavy atom. The van der Waals surface area contributed by atoms with Gasteiger partial charge in [-0.15, -0.1) is 0 Å². The third-order valence-electron chi connectivity index (χ3n) is 8.18. The number of rotatable bonds is 2. The number of allylic oxidation sites excluding steroid dienone is 1. The molecule has 0 aromatic rings. The lowest BCUT2D eigenvalue weighted by molar-refractivity contribution is -0.157. The summed E-state index contributed by atoms with van der Waals surface area (Å²) in [4.78, 5) is 23.3. The Kier molecular flexibility index (Phi) is 4.10. The average Bonchev–Trinajstić information content (AvgIpc) is 2.91. The summed E-state index contributed by atoms with van der Waals surface area (Å²) in [5.41, 5.74) is 1.28. The Bertz CT molecular complexity index is 623. The SMILES string of the molecule is CC(=O)OC[C@]12CC[C@H]3[C@@H](CCC4=CC(=O)CC[C@@]43C)[C@@H]1CC[C@@H]2O. The van der Waals surface area contributed by atoms with Crippen molar-refractivity contribution in [3.05, 3.63) is 11.6 Å². The van der Waals surface area contributed by atoms with E-state index in [0.717, 1.165) is 44.9 Å². The van der Waals surface area contributed by atoms with Crippen molar-refractivity contribution in [2.75, 3.05) is 6.61 Å². The predicted molar refractivity (Wildman–Crippen MR) is 93.7 cm³/mol. The maximum absolute atomic E-state index is 11.9. The molecule has 0 amide bonds. The summed E-state index contributed by atoms with van der Waals surface area (Å²) in [6.45, 7) is 4.19. The molecule has 0 aromatic carbocycles. The highest BCUT2D eigenvalue weighted by molar-refractivity contribution is 5.91. The van der Waals surface area contributed by atoms with Gasteiger partial charge in [0.25, 0.3) is 0 Å². The minimum absolute atomic E-state index is 0.151. The first-order chi connectivity index (χ1) is 11.9. The van der Waals surface area contributed by atoms with Crippen molar-refractivity contribution in [2.45, 2.75) is 71.3 Å². The van der Waals surface area contributed by atoms with Gasteiger partial charge in [-0.05, 0) is 74.2 Å². The first kappa shape index (κ1) is 17.3. The van der Waals surface area contributed by atoms with Gasteiger partial charge in [0.2, 0.25) is 0 Å². The van der Waals surface area contributed by atoms with Crippen molar-refractivity contribution in [3.8, 4) is 0 Å². The number of carbonyl (C=O) groups excluding carboxylic acids is 2. The van der Waals surface area contributed by atoms with Gasteiger partial charge in [-0.2, -0.15) is 0 Å². The fraction of sp³-hybridized carbons (Fsp3) is 0.810. The number of hydrogen-bond donors (Lipinski definition) is 1. The fourth-order valence-electron chi connectivity index (χ4n) is 6.85. The second kappa shape index (κ2) is 5.94. The van der Waals surface area contributed by atoms with Gasteiger partial charge in [0, 0.05) is 18.8 Å². The van der Waals surface area contributed by atoms with Crippen LogP contribution >= 0.6 is 0 Å². The molecule has 0 heterocycles. The van der Waals surface area contributed by atoms with E-state index >= 15 is 0 Å². The molecule has 3 fully saturated rings. The smallest absolute Gasteiger partial charge is 0.302 e. The standard InChI is InChI=1S/C21H30O4/c1-13(22)25-12-21-10-8-17-16(18(21)5-6-19(21)24)4-3-14-11-15(23)7-9-20(14,17)2/h11,16-19,24H,3-10,12H2,1-2H3/t16-,17+,18+,19+,20+,21-/m1/s1. The molecule has 3 saturated carbocycles. The fourth-order valence-corrected chi connectivity index (χ4v) is 6.85. The van der Waals surface area contributed by atoms with E-state index in [0.29, 0.717) is 36.6 Å². The molecule has 25 heavy (non-hydrogen) atoms. The number of carbonyl (C=O) groups is 2. The molecule has 0 bridgehead atoms. The number of fused-ring (bicyclic) bond motifs is 5. The Hall–Kier alpha value is -1.16. The van der Waals surface area contributed by atoms with E-state index < -0.39 is 0 Å². The Labute approximate surface area is 150 Å². The molecular formula is C21H30O4. The molecule has 0 saturated heterocycles. The minimum atomic E-state index is -0.351. The van der Waals surface area contributed by atoms with Crippen LogP contribution in [0.2, 0.25) is 0 Å². The minimum Gasteiger partial charge on any atom is -0.465 e. The molecule has 138 valence electrons. The van der Waals surface area contributed by atoms with Crippen LogP contribution in [0, 0.1) is 28.6 Å². The second-order valence-electron chi connectivity index (χ2n) is 9.11. The normalized spacial score (nSPS) is 45.9. The van der Waals surface area contributed by atoms with Gasteiger partial charge in [-0.3, -0.25) is 9.59 Å². The molecule has 4 nitrogen and oxygen atoms in total. The largest absolute Gasteiger partial charge is 0.465 e. The summed E-state index contributed by atoms with van der Waals surface area (Å²) >= 11 is 0. The van der Waals surface area contributed by atoms with Gasteiger partial charge in [-0.25, -0.2) is 0 Å². The van der Waals surface area contributed by atoms with Gasteiger partial charge < -0.3 is 9.84 Å². The van der Waals surface area contributed by atoms with Crippen LogP contribution in [-0.4, -0.2) is 29.6 Å². The molecule has 0 unspecified atom stereocenters. The van der Waals surface area contributed by atoms with Gasteiger partial charge in [-0.1, -0.05) is 12.5 Å². The molecule has 1 N–H and O–H groups in total. The highest BCUT2D eigenvalue weighted by atomic mass is 16.5. The van der Waals surface area contributed by atoms with Crippen LogP contribution in [0.5, 0.6) is 0 Å². The van der Waals surface area contributed by atoms with E-state index in [1.807, 2.05) is 6.08 Å². The number of esters is 1. The zero-order valence-electron chi connectivity index (χ0n) is 15.4. The van der Waals surface area contributed by atoms with Crippen LogP contribution in [0.4, 0.5) is 0 Å². The van der Waals surface area contributed by atoms with Crippen molar-refractivity contribution in [2.24, 2.45) is 28.6 Å². The van der Waals surface area contributed by atoms with Crippen LogP contribution < -0.4 is 0 Å². The van der Waals surface area contributed by atoms with E-state index in [4.69, 9.17) is 4.74 Å². The topological polar surface area (TPSA) is 63.6 Å². The van der Waals surface area contributed by atoms with Crippen molar-refractivity contribution < 1.29 is 19.4 Å². The lowest BCUT2D eigenvalue weighted by Crippen LogP contribution is -2.54. The maximum Gasteiger partial charge on any atom is 0.302 e. The van der Waals surface area contributed by atoms with E-state index in [9.17, 15) is 14.7 Å². The zero-order chi connectivity index (χ0) is 17.8. The average molecular weight is 346 g/mol. The highest BCUT2D eigenvalue weighted by Crippen LogP contribution is 2.65. The molecule has 4 rings (SSSR count). The number of ether oxygens (including phenoxy) is 1. The molecule has 6 atom stereocenters. The van der Waals surface area contributed by atoms with E-state index in [2.05, 4.69) is 6.92 Å². The van der Waals surface area contributed by atoms with Crippen molar-refractivity contribution in [1.82, 2.24) is 0 Å². The quantitative estimate of drug-likeness (QED) is 0.778. The highest BCUT2D eigenvalue weighted by Gasteiger charge is 2.61. The van der Waals surface area contributed by atoms with Crippen molar-refractivity contribution in [1.29, 1.82) is 0 Å². The second-order valence-corrected chi connectivity index (χ2v) is 9.11. The summed E-state index contributed by atoms with van der Waals surface area (Å²) in [6.07, 6.45) is 9.23. The molecule has 4 aliphatic carbocycles. The molecule has 0 aliphatic heterocycles. The van der Waals surface area contributed by atoms with Crippen LogP contribution in [0.3, 0.4) is 0 Å². The maximum atomic E-state index is 11.9. The Morgan fingerprint density at radius 2 is 2.00 bits per heavy atom. The van der Waals surface area contributed by atoms with Crippen LogP contribution in [0.25, 0.3) is 0 Å². The van der Waals surface area contributed by atoms with E-state index in [1.165, 1.54) is 12.5 Å². The number of hydrogen-bond acceptors (Lipinski definition) is 4. The van der Waals surface area contributed by atoms with Crippen molar-refractivity contribution in [3.63, 3.8) is 0 Å². The molecule has 4 heteroatoms. The lowest BCUT2D eigenvalue weighted by Gasteiger charge is -2.58. The summed E-state index contributed by atoms with van der Waals surface area (Å²) < 4.78 is 5.43. The molecule has 0 radical (unpaired) electrons. The molecule has 0 aromatic heterocycles. The summed E-state index contributed by atoms with van der Waals surface area (Å²) in [6, 6.07) is 0. The van der Waals surface area contributed by atoms with E-state index in [-0.39, 0.29) is 22.9 Å². The predicted octanol–water partition coefficient (Wildman–Crippen LogP) is 3.42. The Morgan fingerprint density at radius 3 is 2.76 bits per heavy atom. The number of ketones is 1. The van der Waals surface area contributed by atoms with E-state index in [1.54, 1.807) is 0 Å². The lowest BCUT2D eigenvalue weighted by atomic mass is 9.47. The van der Waals surface area contributed by atoms with Gasteiger partial charge >= 0.3 is 5.97 Å². The molecular weight excluding hydrogens is 316 g/mol. The third-order valence-corrected chi connectivity index (χ3v) is 8.18. The van der Waals surface area contributed by atoms with Crippen molar-refractivity contribution >= 4 is 11.8 Å². The van der Waals surface area contributed by atoms with Crippen LogP contribution in [0.15, 0.2) is 11.6 Å². The number of aliphatic hydroxyl groups is 1. The Balaban J connectivity index is 1.64. The molecule has 4 aliphatic rings. The summed E-state index contributed by atoms with van der Waals surface area (Å²) in [5.74, 6) is 1.66. The first-order valence-corrected chi connectivity index (χ1v) is 9.92. The van der Waals surface area contributed by atoms with Crippen LogP contribution in [-0.2, 0) is 14.3 Å². The van der Waals surface area contributed by atoms with Gasteiger partial charge in [0.1, 0.15) is 0 Å². The zero-order valence-corrected chi connectivity index (χ0v) is 15.4. The van der Waals surface area contributed by atoms with Crippen LogP contribution in [0.1, 0.15) is 65.2 Å². The van der Waals surface area contributed by atoms with Gasteiger partial charge in [0.05, 0.1) is 12.7 Å². The third kappa shape index (κ3) is 2.51. The molecule has 0 spiro atoms. The number of aliphatic hydroxyl groups excluding tert-OH is 1. The van der Waals surface area contributed by atoms with Gasteiger partial charge in [0.15, 0.2) is 5.78 Å².